The molecule has 0 amide bonds. The molecule has 6 heteroatoms. The molecular weight excluding hydrogens is 877 g/mol. The Bertz CT molecular complexity index is 1460. The molecule has 0 aromatic heterocycles. The van der Waals surface area contributed by atoms with Crippen molar-refractivity contribution in [2.45, 2.75) is 271 Å². The first-order valence-electron chi connectivity index (χ1n) is 29.4. The van der Waals surface area contributed by atoms with Gasteiger partial charge in [0, 0.05) is 19.3 Å². The normalized spacial score (nSPS) is 12.9. The molecule has 0 radical (unpaired) electrons. The third kappa shape index (κ3) is 56.9. The minimum Gasteiger partial charge on any atom is -0.462 e. The van der Waals surface area contributed by atoms with Gasteiger partial charge in [-0.25, -0.2) is 0 Å². The topological polar surface area (TPSA) is 78.9 Å². The van der Waals surface area contributed by atoms with E-state index in [2.05, 4.69) is 124 Å². The van der Waals surface area contributed by atoms with Crippen molar-refractivity contribution in [1.82, 2.24) is 0 Å². The number of esters is 3. The summed E-state index contributed by atoms with van der Waals surface area (Å²) in [6.07, 6.45) is 79.5. The number of carbonyl (C=O) groups excluding carboxylic acids is 3. The third-order valence-electron chi connectivity index (χ3n) is 12.3. The molecule has 6 nitrogen and oxygen atoms in total. The van der Waals surface area contributed by atoms with Gasteiger partial charge in [-0.05, 0) is 96.3 Å². The highest BCUT2D eigenvalue weighted by atomic mass is 16.6. The van der Waals surface area contributed by atoms with Gasteiger partial charge in [0.2, 0.25) is 0 Å². The van der Waals surface area contributed by atoms with E-state index in [4.69, 9.17) is 14.2 Å². The summed E-state index contributed by atoms with van der Waals surface area (Å²) >= 11 is 0. The molecule has 0 aromatic rings. The molecule has 0 unspecified atom stereocenters. The fraction of sp³-hybridized carbons (Fsp3) is 0.677. The van der Waals surface area contributed by atoms with E-state index in [-0.39, 0.29) is 44.0 Å². The van der Waals surface area contributed by atoms with E-state index in [0.717, 1.165) is 103 Å². The summed E-state index contributed by atoms with van der Waals surface area (Å²) in [6.45, 7) is 6.43. The van der Waals surface area contributed by atoms with Crippen LogP contribution in [0.1, 0.15) is 265 Å². The van der Waals surface area contributed by atoms with Crippen LogP contribution >= 0.6 is 0 Å². The molecule has 0 N–H and O–H groups in total. The first-order chi connectivity index (χ1) is 35.0. The molecule has 0 saturated heterocycles. The van der Waals surface area contributed by atoms with Crippen molar-refractivity contribution in [1.29, 1.82) is 0 Å². The number of unbranched alkanes of at least 4 members (excludes halogenated alkanes) is 23. The zero-order valence-electron chi connectivity index (χ0n) is 46.2. The maximum Gasteiger partial charge on any atom is 0.306 e. The molecule has 0 aliphatic rings. The van der Waals surface area contributed by atoms with Crippen molar-refractivity contribution in [3.8, 4) is 0 Å². The van der Waals surface area contributed by atoms with Gasteiger partial charge >= 0.3 is 17.9 Å². The standard InChI is InChI=1S/C65H108O6/c1-4-7-10-13-16-19-22-25-28-31-32-35-37-40-43-46-49-52-55-58-64(67)70-61-62(71-65(68)59-56-53-50-47-44-41-38-34-30-27-24-21-18-15-12-9-6-3)60-69-63(66)57-54-51-48-45-42-39-36-33-29-26-23-20-17-14-11-8-5-2/h7,10,16,18-19,21,25,27-28,30,32,35,38,40-41,43,49,52,62H,4-6,8-9,11-15,17,20,22-24,26,29,31,33-34,36-37,39,42,44-48,50-51,53-61H2,1-3H3/b10-7-,19-16-,21-18-,28-25-,30-27-,35-32-,41-38-,43-40-,52-49-/t62-/m1/s1. The largest absolute Gasteiger partial charge is 0.462 e. The van der Waals surface area contributed by atoms with Gasteiger partial charge in [-0.1, -0.05) is 259 Å². The van der Waals surface area contributed by atoms with Crippen molar-refractivity contribution in [2.24, 2.45) is 0 Å². The van der Waals surface area contributed by atoms with E-state index in [1.54, 1.807) is 0 Å². The Hall–Kier alpha value is -3.93. The van der Waals surface area contributed by atoms with E-state index in [1.165, 1.54) is 116 Å². The zero-order chi connectivity index (χ0) is 51.4. The van der Waals surface area contributed by atoms with Crippen LogP contribution in [0.4, 0.5) is 0 Å². The predicted molar refractivity (Wildman–Crippen MR) is 307 cm³/mol. The average molecular weight is 986 g/mol. The second-order valence-corrected chi connectivity index (χ2v) is 19.2. The first-order valence-corrected chi connectivity index (χ1v) is 29.4. The van der Waals surface area contributed by atoms with E-state index < -0.39 is 6.10 Å². The molecular formula is C65H108O6. The Morgan fingerprint density at radius 3 is 0.972 bits per heavy atom. The number of carbonyl (C=O) groups is 3. The number of rotatable bonds is 52. The highest BCUT2D eigenvalue weighted by Gasteiger charge is 2.19. The van der Waals surface area contributed by atoms with Gasteiger partial charge < -0.3 is 14.2 Å². The lowest BCUT2D eigenvalue weighted by Crippen LogP contribution is -2.30. The number of hydrogen-bond donors (Lipinski definition) is 0. The molecule has 0 aliphatic carbocycles. The maximum atomic E-state index is 12.9. The van der Waals surface area contributed by atoms with Crippen LogP contribution in [0.3, 0.4) is 0 Å². The van der Waals surface area contributed by atoms with Crippen molar-refractivity contribution in [3.63, 3.8) is 0 Å². The van der Waals surface area contributed by atoms with Crippen molar-refractivity contribution in [3.05, 3.63) is 109 Å². The number of ether oxygens (including phenoxy) is 3. The lowest BCUT2D eigenvalue weighted by atomic mass is 10.0. The summed E-state index contributed by atoms with van der Waals surface area (Å²) in [5.74, 6) is -1.02. The Kier molecular flexibility index (Phi) is 55.4. The van der Waals surface area contributed by atoms with E-state index in [9.17, 15) is 14.4 Å². The van der Waals surface area contributed by atoms with Crippen LogP contribution in [0.15, 0.2) is 109 Å². The lowest BCUT2D eigenvalue weighted by Gasteiger charge is -2.18. The van der Waals surface area contributed by atoms with Gasteiger partial charge in [0.15, 0.2) is 6.10 Å². The smallest absolute Gasteiger partial charge is 0.306 e. The number of allylic oxidation sites excluding steroid dienone is 18. The van der Waals surface area contributed by atoms with Gasteiger partial charge in [-0.2, -0.15) is 0 Å². The molecule has 0 aromatic carbocycles. The minimum atomic E-state index is -0.821. The summed E-state index contributed by atoms with van der Waals surface area (Å²) in [5, 5.41) is 0. The fourth-order valence-corrected chi connectivity index (χ4v) is 7.89. The molecule has 0 aliphatic heterocycles. The fourth-order valence-electron chi connectivity index (χ4n) is 7.89. The van der Waals surface area contributed by atoms with E-state index in [1.807, 2.05) is 6.08 Å². The molecule has 0 fully saturated rings. The monoisotopic (exact) mass is 985 g/mol. The van der Waals surface area contributed by atoms with Gasteiger partial charge in [0.25, 0.3) is 0 Å². The second kappa shape index (κ2) is 58.6. The van der Waals surface area contributed by atoms with Crippen LogP contribution in [0.25, 0.3) is 0 Å². The lowest BCUT2D eigenvalue weighted by molar-refractivity contribution is -0.166. The van der Waals surface area contributed by atoms with Crippen molar-refractivity contribution < 1.29 is 28.6 Å². The Labute approximate surface area is 438 Å². The van der Waals surface area contributed by atoms with Crippen molar-refractivity contribution >= 4 is 17.9 Å². The van der Waals surface area contributed by atoms with Crippen LogP contribution in [-0.2, 0) is 28.6 Å². The molecule has 0 spiro atoms. The van der Waals surface area contributed by atoms with Gasteiger partial charge in [-0.15, -0.1) is 0 Å². The molecule has 404 valence electrons. The van der Waals surface area contributed by atoms with E-state index >= 15 is 0 Å². The highest BCUT2D eigenvalue weighted by molar-refractivity contribution is 5.71. The SMILES string of the molecule is CC/C=C\C/C=C\C/C=C\C/C=C\C/C=C\C/C=C\CCC(=O)OC[C@@H](COC(=O)CCCCCCCCCCCCCCCCCCC)OC(=O)CCCCCC/C=C\C/C=C\C/C=C\CCCCC. The summed E-state index contributed by atoms with van der Waals surface area (Å²) in [6, 6.07) is 0. The van der Waals surface area contributed by atoms with Crippen LogP contribution in [0.2, 0.25) is 0 Å². The van der Waals surface area contributed by atoms with Gasteiger partial charge in [0.05, 0.1) is 0 Å². The Balaban J connectivity index is 4.53. The van der Waals surface area contributed by atoms with Crippen LogP contribution in [-0.4, -0.2) is 37.2 Å². The minimum absolute atomic E-state index is 0.110. The summed E-state index contributed by atoms with van der Waals surface area (Å²) in [5.41, 5.74) is 0. The number of hydrogen-bond acceptors (Lipinski definition) is 6. The molecule has 0 saturated carbocycles. The van der Waals surface area contributed by atoms with Crippen LogP contribution in [0.5, 0.6) is 0 Å². The van der Waals surface area contributed by atoms with Crippen molar-refractivity contribution in [2.75, 3.05) is 13.2 Å². The summed E-state index contributed by atoms with van der Waals surface area (Å²) in [7, 11) is 0. The quantitative estimate of drug-likeness (QED) is 0.0261. The van der Waals surface area contributed by atoms with Gasteiger partial charge in [-0.3, -0.25) is 14.4 Å². The van der Waals surface area contributed by atoms with E-state index in [0.29, 0.717) is 12.8 Å². The van der Waals surface area contributed by atoms with Crippen LogP contribution in [0, 0.1) is 0 Å². The Morgan fingerprint density at radius 2 is 0.577 bits per heavy atom. The molecule has 0 rings (SSSR count). The molecule has 0 bridgehead atoms. The Morgan fingerprint density at radius 1 is 0.296 bits per heavy atom. The molecule has 71 heavy (non-hydrogen) atoms. The summed E-state index contributed by atoms with van der Waals surface area (Å²) < 4.78 is 16.8. The first kappa shape index (κ1) is 67.1. The van der Waals surface area contributed by atoms with Crippen LogP contribution < -0.4 is 0 Å². The second-order valence-electron chi connectivity index (χ2n) is 19.2. The third-order valence-corrected chi connectivity index (χ3v) is 12.3. The summed E-state index contributed by atoms with van der Waals surface area (Å²) in [4.78, 5) is 38.2. The maximum absolute atomic E-state index is 12.9. The zero-order valence-corrected chi connectivity index (χ0v) is 46.2. The highest BCUT2D eigenvalue weighted by Crippen LogP contribution is 2.15. The predicted octanol–water partition coefficient (Wildman–Crippen LogP) is 19.9. The average Bonchev–Trinajstić information content (AvgIpc) is 3.37. The molecule has 0 heterocycles. The molecule has 1 atom stereocenters. The van der Waals surface area contributed by atoms with Gasteiger partial charge in [0.1, 0.15) is 13.2 Å².